The van der Waals surface area contributed by atoms with Gasteiger partial charge < -0.3 is 20.1 Å². The molecule has 0 saturated heterocycles. The maximum atomic E-state index is 12.7. The van der Waals surface area contributed by atoms with Crippen molar-refractivity contribution in [2.75, 3.05) is 24.9 Å². The zero-order chi connectivity index (χ0) is 22.5. The van der Waals surface area contributed by atoms with E-state index in [9.17, 15) is 9.59 Å². The molecule has 0 aliphatic carbocycles. The lowest BCUT2D eigenvalue weighted by Gasteiger charge is -2.10. The molecular formula is C26H22N2O4. The molecule has 160 valence electrons. The summed E-state index contributed by atoms with van der Waals surface area (Å²) in [7, 11) is 3.17. The van der Waals surface area contributed by atoms with E-state index in [0.717, 1.165) is 16.5 Å². The summed E-state index contributed by atoms with van der Waals surface area (Å²) in [4.78, 5) is 25.2. The van der Waals surface area contributed by atoms with Crippen molar-refractivity contribution < 1.29 is 19.1 Å². The summed E-state index contributed by atoms with van der Waals surface area (Å²) in [5.41, 5.74) is 2.19. The predicted octanol–water partition coefficient (Wildman–Crippen LogP) is 5.36. The molecule has 0 unspecified atom stereocenters. The van der Waals surface area contributed by atoms with Crippen molar-refractivity contribution in [3.05, 3.63) is 96.1 Å². The number of methoxy groups -OCH3 is 2. The van der Waals surface area contributed by atoms with E-state index >= 15 is 0 Å². The van der Waals surface area contributed by atoms with E-state index in [-0.39, 0.29) is 11.8 Å². The largest absolute Gasteiger partial charge is 0.497 e. The molecule has 0 aliphatic rings. The Balaban J connectivity index is 1.44. The van der Waals surface area contributed by atoms with E-state index in [1.54, 1.807) is 56.7 Å². The summed E-state index contributed by atoms with van der Waals surface area (Å²) in [6.45, 7) is 0. The lowest BCUT2D eigenvalue weighted by atomic mass is 10.1. The van der Waals surface area contributed by atoms with E-state index in [1.807, 2.05) is 42.5 Å². The smallest absolute Gasteiger partial charge is 0.255 e. The number of para-hydroxylation sites is 2. The molecule has 0 radical (unpaired) electrons. The second-order valence-electron chi connectivity index (χ2n) is 7.11. The van der Waals surface area contributed by atoms with Crippen LogP contribution in [0.15, 0.2) is 84.9 Å². The molecule has 0 saturated carbocycles. The quantitative estimate of drug-likeness (QED) is 0.435. The standard InChI is InChI=1S/C26H22N2O4/c1-31-22-14-11-18-15-20(8-7-19(18)16-22)26(30)27-21-12-9-17(10-13-21)25(29)28-23-5-3-4-6-24(23)32-2/h3-16H,1-2H3,(H,27,30)(H,28,29). The van der Waals surface area contributed by atoms with Crippen LogP contribution in [0.1, 0.15) is 20.7 Å². The van der Waals surface area contributed by atoms with Crippen molar-refractivity contribution in [2.24, 2.45) is 0 Å². The molecule has 32 heavy (non-hydrogen) atoms. The SMILES string of the molecule is COc1ccc2cc(C(=O)Nc3ccc(C(=O)Nc4ccccc4OC)cc3)ccc2c1. The third-order valence-corrected chi connectivity index (χ3v) is 5.07. The average Bonchev–Trinajstić information content (AvgIpc) is 2.84. The normalized spacial score (nSPS) is 10.4. The second-order valence-corrected chi connectivity index (χ2v) is 7.11. The van der Waals surface area contributed by atoms with Crippen LogP contribution in [0.25, 0.3) is 10.8 Å². The van der Waals surface area contributed by atoms with Gasteiger partial charge in [0.05, 0.1) is 19.9 Å². The zero-order valence-electron chi connectivity index (χ0n) is 17.7. The Labute approximate surface area is 185 Å². The summed E-state index contributed by atoms with van der Waals surface area (Å²) in [5.74, 6) is 0.856. The Morgan fingerprint density at radius 2 is 1.31 bits per heavy atom. The highest BCUT2D eigenvalue weighted by molar-refractivity contribution is 6.08. The molecule has 0 heterocycles. The molecule has 0 fully saturated rings. The molecule has 0 aromatic heterocycles. The molecule has 0 spiro atoms. The van der Waals surface area contributed by atoms with E-state index in [4.69, 9.17) is 9.47 Å². The number of carbonyl (C=O) groups is 2. The third-order valence-electron chi connectivity index (χ3n) is 5.07. The van der Waals surface area contributed by atoms with Gasteiger partial charge in [-0.2, -0.15) is 0 Å². The minimum Gasteiger partial charge on any atom is -0.497 e. The maximum absolute atomic E-state index is 12.7. The van der Waals surface area contributed by atoms with Crippen molar-refractivity contribution in [1.82, 2.24) is 0 Å². The highest BCUT2D eigenvalue weighted by atomic mass is 16.5. The predicted molar refractivity (Wildman–Crippen MR) is 126 cm³/mol. The topological polar surface area (TPSA) is 76.7 Å². The summed E-state index contributed by atoms with van der Waals surface area (Å²) < 4.78 is 10.5. The summed E-state index contributed by atoms with van der Waals surface area (Å²) in [6.07, 6.45) is 0. The number of ether oxygens (including phenoxy) is 2. The van der Waals surface area contributed by atoms with Crippen LogP contribution >= 0.6 is 0 Å². The Hall–Kier alpha value is -4.32. The third kappa shape index (κ3) is 4.54. The van der Waals surface area contributed by atoms with Gasteiger partial charge in [0.2, 0.25) is 0 Å². The lowest BCUT2D eigenvalue weighted by Crippen LogP contribution is -2.14. The van der Waals surface area contributed by atoms with Gasteiger partial charge in [-0.15, -0.1) is 0 Å². The van der Waals surface area contributed by atoms with E-state index < -0.39 is 0 Å². The lowest BCUT2D eigenvalue weighted by molar-refractivity contribution is 0.102. The van der Waals surface area contributed by atoms with Gasteiger partial charge in [0.25, 0.3) is 11.8 Å². The second kappa shape index (κ2) is 9.22. The van der Waals surface area contributed by atoms with Crippen molar-refractivity contribution in [3.63, 3.8) is 0 Å². The molecule has 0 atom stereocenters. The van der Waals surface area contributed by atoms with Gasteiger partial charge in [0.15, 0.2) is 0 Å². The minimum absolute atomic E-state index is 0.228. The highest BCUT2D eigenvalue weighted by Gasteiger charge is 2.11. The monoisotopic (exact) mass is 426 g/mol. The first kappa shape index (κ1) is 20.9. The van der Waals surface area contributed by atoms with Crippen LogP contribution in [-0.4, -0.2) is 26.0 Å². The molecule has 4 rings (SSSR count). The number of rotatable bonds is 6. The van der Waals surface area contributed by atoms with Crippen LogP contribution in [0.4, 0.5) is 11.4 Å². The molecule has 4 aromatic carbocycles. The molecule has 6 nitrogen and oxygen atoms in total. The maximum Gasteiger partial charge on any atom is 0.255 e. The Kier molecular flexibility index (Phi) is 6.03. The van der Waals surface area contributed by atoms with Crippen molar-refractivity contribution in [3.8, 4) is 11.5 Å². The fourth-order valence-electron chi connectivity index (χ4n) is 3.34. The molecule has 0 bridgehead atoms. The van der Waals surface area contributed by atoms with Crippen LogP contribution in [0, 0.1) is 0 Å². The number of nitrogens with one attached hydrogen (secondary N) is 2. The van der Waals surface area contributed by atoms with Crippen LogP contribution in [0.3, 0.4) is 0 Å². The molecular weight excluding hydrogens is 404 g/mol. The number of benzene rings is 4. The molecule has 2 amide bonds. The van der Waals surface area contributed by atoms with E-state index in [2.05, 4.69) is 10.6 Å². The Bertz CT molecular complexity index is 1280. The summed E-state index contributed by atoms with van der Waals surface area (Å²) in [6, 6.07) is 25.1. The summed E-state index contributed by atoms with van der Waals surface area (Å²) in [5, 5.41) is 7.63. The van der Waals surface area contributed by atoms with Gasteiger partial charge >= 0.3 is 0 Å². The molecule has 6 heteroatoms. The number of anilines is 2. The molecule has 0 aliphatic heterocycles. The van der Waals surface area contributed by atoms with Crippen LogP contribution in [0.5, 0.6) is 11.5 Å². The van der Waals surface area contributed by atoms with E-state index in [1.165, 1.54) is 0 Å². The van der Waals surface area contributed by atoms with Gasteiger partial charge in [0, 0.05) is 16.8 Å². The fourth-order valence-corrected chi connectivity index (χ4v) is 3.34. The van der Waals surface area contributed by atoms with Crippen molar-refractivity contribution in [2.45, 2.75) is 0 Å². The van der Waals surface area contributed by atoms with E-state index in [0.29, 0.717) is 28.3 Å². The Morgan fingerprint density at radius 3 is 2.06 bits per heavy atom. The van der Waals surface area contributed by atoms with Crippen molar-refractivity contribution >= 4 is 34.0 Å². The van der Waals surface area contributed by atoms with Crippen LogP contribution in [-0.2, 0) is 0 Å². The first-order valence-electron chi connectivity index (χ1n) is 10.0. The molecule has 2 N–H and O–H groups in total. The number of hydrogen-bond donors (Lipinski definition) is 2. The summed E-state index contributed by atoms with van der Waals surface area (Å²) >= 11 is 0. The zero-order valence-corrected chi connectivity index (χ0v) is 17.7. The fraction of sp³-hybridized carbons (Fsp3) is 0.0769. The number of carbonyl (C=O) groups excluding carboxylic acids is 2. The first-order chi connectivity index (χ1) is 15.6. The van der Waals surface area contributed by atoms with Gasteiger partial charge in [-0.05, 0) is 71.4 Å². The van der Waals surface area contributed by atoms with Gasteiger partial charge in [-0.1, -0.05) is 24.3 Å². The minimum atomic E-state index is -0.266. The van der Waals surface area contributed by atoms with Crippen LogP contribution in [0.2, 0.25) is 0 Å². The number of hydrogen-bond acceptors (Lipinski definition) is 4. The average molecular weight is 426 g/mol. The number of amides is 2. The highest BCUT2D eigenvalue weighted by Crippen LogP contribution is 2.24. The first-order valence-corrected chi connectivity index (χ1v) is 10.0. The van der Waals surface area contributed by atoms with Gasteiger partial charge in [-0.3, -0.25) is 9.59 Å². The number of fused-ring (bicyclic) bond motifs is 1. The van der Waals surface area contributed by atoms with Gasteiger partial charge in [-0.25, -0.2) is 0 Å². The van der Waals surface area contributed by atoms with Crippen molar-refractivity contribution in [1.29, 1.82) is 0 Å². The molecule has 4 aromatic rings. The van der Waals surface area contributed by atoms with Gasteiger partial charge in [0.1, 0.15) is 11.5 Å². The van der Waals surface area contributed by atoms with Crippen LogP contribution < -0.4 is 20.1 Å². The Morgan fingerprint density at radius 1 is 0.656 bits per heavy atom.